The van der Waals surface area contributed by atoms with Crippen molar-refractivity contribution in [2.24, 2.45) is 0 Å². The van der Waals surface area contributed by atoms with Gasteiger partial charge in [-0.1, -0.05) is 32.0 Å². The Balaban J connectivity index is 2.24. The van der Waals surface area contributed by atoms with Crippen molar-refractivity contribution >= 4 is 17.5 Å². The number of nitrogens with zero attached hydrogens (tertiary/aromatic N) is 4. The van der Waals surface area contributed by atoms with Crippen LogP contribution in [0, 0.1) is 13.8 Å². The smallest absolute Gasteiger partial charge is 0.249 e. The van der Waals surface area contributed by atoms with Crippen LogP contribution in [-0.4, -0.2) is 28.3 Å². The van der Waals surface area contributed by atoms with Crippen molar-refractivity contribution in [1.82, 2.24) is 15.2 Å². The van der Waals surface area contributed by atoms with Crippen LogP contribution in [0.25, 0.3) is 0 Å². The summed E-state index contributed by atoms with van der Waals surface area (Å²) in [5, 5.41) is 11.5. The molecule has 118 valence electrons. The SMILES string of the molecule is CCCN(CCC)c1cnnc(Nc2c(C)cccc2C)n1. The van der Waals surface area contributed by atoms with Gasteiger partial charge in [0.05, 0.1) is 6.20 Å². The quantitative estimate of drug-likeness (QED) is 0.841. The zero-order chi connectivity index (χ0) is 15.9. The minimum atomic E-state index is 0.548. The van der Waals surface area contributed by atoms with E-state index in [9.17, 15) is 0 Å². The predicted molar refractivity (Wildman–Crippen MR) is 91.8 cm³/mol. The zero-order valence-electron chi connectivity index (χ0n) is 13.9. The summed E-state index contributed by atoms with van der Waals surface area (Å²) in [4.78, 5) is 6.88. The Hall–Kier alpha value is -2.17. The lowest BCUT2D eigenvalue weighted by Gasteiger charge is -2.22. The third-order valence-corrected chi connectivity index (χ3v) is 3.58. The standard InChI is InChI=1S/C17H25N5/c1-5-10-22(11-6-2)15-12-18-21-17(19-15)20-16-13(3)8-7-9-14(16)4/h7-9,12H,5-6,10-11H2,1-4H3,(H,19,20,21). The summed E-state index contributed by atoms with van der Waals surface area (Å²) in [6.45, 7) is 10.5. The van der Waals surface area contributed by atoms with Crippen molar-refractivity contribution in [3.8, 4) is 0 Å². The molecule has 0 fully saturated rings. The van der Waals surface area contributed by atoms with Crippen molar-refractivity contribution in [3.05, 3.63) is 35.5 Å². The minimum Gasteiger partial charge on any atom is -0.355 e. The van der Waals surface area contributed by atoms with Crippen LogP contribution in [0.4, 0.5) is 17.5 Å². The number of para-hydroxylation sites is 1. The van der Waals surface area contributed by atoms with E-state index in [1.807, 2.05) is 0 Å². The third-order valence-electron chi connectivity index (χ3n) is 3.58. The van der Waals surface area contributed by atoms with Gasteiger partial charge in [0.1, 0.15) is 0 Å². The van der Waals surface area contributed by atoms with Crippen LogP contribution in [0.5, 0.6) is 0 Å². The van der Waals surface area contributed by atoms with Gasteiger partial charge in [-0.05, 0) is 37.8 Å². The molecule has 22 heavy (non-hydrogen) atoms. The number of benzene rings is 1. The van der Waals surface area contributed by atoms with E-state index in [4.69, 9.17) is 0 Å². The second-order valence-corrected chi connectivity index (χ2v) is 5.52. The average Bonchev–Trinajstić information content (AvgIpc) is 2.51. The topological polar surface area (TPSA) is 53.9 Å². The van der Waals surface area contributed by atoms with E-state index in [0.717, 1.165) is 37.4 Å². The molecule has 5 heteroatoms. The summed E-state index contributed by atoms with van der Waals surface area (Å²) in [6, 6.07) is 6.20. The molecule has 0 amide bonds. The van der Waals surface area contributed by atoms with Crippen LogP contribution in [0.2, 0.25) is 0 Å². The van der Waals surface area contributed by atoms with Crippen LogP contribution in [-0.2, 0) is 0 Å². The number of anilines is 3. The van der Waals surface area contributed by atoms with Gasteiger partial charge < -0.3 is 10.2 Å². The molecule has 5 nitrogen and oxygen atoms in total. The summed E-state index contributed by atoms with van der Waals surface area (Å²) in [5.74, 6) is 1.43. The molecular formula is C17H25N5. The monoisotopic (exact) mass is 299 g/mol. The summed E-state index contributed by atoms with van der Waals surface area (Å²) in [6.07, 6.45) is 3.91. The maximum Gasteiger partial charge on any atom is 0.249 e. The first-order valence-corrected chi connectivity index (χ1v) is 7.93. The number of aromatic nitrogens is 3. The Labute approximate surface area is 132 Å². The van der Waals surface area contributed by atoms with E-state index >= 15 is 0 Å². The molecule has 0 aliphatic rings. The highest BCUT2D eigenvalue weighted by molar-refractivity contribution is 5.63. The predicted octanol–water partition coefficient (Wildman–Crippen LogP) is 3.86. The Kier molecular flexibility index (Phi) is 5.69. The van der Waals surface area contributed by atoms with Crippen LogP contribution < -0.4 is 10.2 Å². The van der Waals surface area contributed by atoms with Crippen LogP contribution in [0.15, 0.2) is 24.4 Å². The first-order chi connectivity index (χ1) is 10.7. The number of rotatable bonds is 7. The van der Waals surface area contributed by atoms with E-state index in [1.165, 1.54) is 11.1 Å². The van der Waals surface area contributed by atoms with Crippen LogP contribution in [0.1, 0.15) is 37.8 Å². The Bertz CT molecular complexity index is 585. The molecule has 0 bridgehead atoms. The molecule has 2 rings (SSSR count). The highest BCUT2D eigenvalue weighted by Gasteiger charge is 2.10. The second-order valence-electron chi connectivity index (χ2n) is 5.52. The average molecular weight is 299 g/mol. The van der Waals surface area contributed by atoms with Crippen molar-refractivity contribution in [3.63, 3.8) is 0 Å². The molecule has 0 spiro atoms. The number of hydrogen-bond donors (Lipinski definition) is 1. The number of aryl methyl sites for hydroxylation is 2. The van der Waals surface area contributed by atoms with Crippen LogP contribution in [0.3, 0.4) is 0 Å². The van der Waals surface area contributed by atoms with Crippen molar-refractivity contribution in [1.29, 1.82) is 0 Å². The van der Waals surface area contributed by atoms with E-state index in [1.54, 1.807) is 6.20 Å². The van der Waals surface area contributed by atoms with Gasteiger partial charge in [-0.2, -0.15) is 10.1 Å². The van der Waals surface area contributed by atoms with Gasteiger partial charge in [-0.25, -0.2) is 0 Å². The second kappa shape index (κ2) is 7.73. The summed E-state index contributed by atoms with van der Waals surface area (Å²) < 4.78 is 0. The van der Waals surface area contributed by atoms with Crippen molar-refractivity contribution < 1.29 is 0 Å². The molecule has 0 atom stereocenters. The molecule has 1 aromatic carbocycles. The molecule has 0 saturated heterocycles. The van der Waals surface area contributed by atoms with E-state index in [2.05, 4.69) is 71.3 Å². The lowest BCUT2D eigenvalue weighted by molar-refractivity contribution is 0.728. The lowest BCUT2D eigenvalue weighted by atomic mass is 10.1. The van der Waals surface area contributed by atoms with Gasteiger partial charge in [0.2, 0.25) is 5.95 Å². The van der Waals surface area contributed by atoms with Crippen LogP contribution >= 0.6 is 0 Å². The van der Waals surface area contributed by atoms with Gasteiger partial charge in [-0.3, -0.25) is 0 Å². The molecule has 2 aromatic rings. The first kappa shape index (κ1) is 16.2. The van der Waals surface area contributed by atoms with E-state index in [0.29, 0.717) is 5.95 Å². The van der Waals surface area contributed by atoms with Crippen molar-refractivity contribution in [2.75, 3.05) is 23.3 Å². The minimum absolute atomic E-state index is 0.548. The molecule has 0 aliphatic carbocycles. The summed E-state index contributed by atoms with van der Waals surface area (Å²) in [5.41, 5.74) is 3.40. The Morgan fingerprint density at radius 2 is 1.68 bits per heavy atom. The van der Waals surface area contributed by atoms with Gasteiger partial charge in [0, 0.05) is 18.8 Å². The fourth-order valence-electron chi connectivity index (χ4n) is 2.50. The highest BCUT2D eigenvalue weighted by atomic mass is 15.3. The van der Waals surface area contributed by atoms with Crippen molar-refractivity contribution in [2.45, 2.75) is 40.5 Å². The van der Waals surface area contributed by atoms with E-state index < -0.39 is 0 Å². The van der Waals surface area contributed by atoms with Gasteiger partial charge in [0.25, 0.3) is 0 Å². The summed E-state index contributed by atoms with van der Waals surface area (Å²) in [7, 11) is 0. The lowest BCUT2D eigenvalue weighted by Crippen LogP contribution is -2.26. The molecule has 1 heterocycles. The maximum atomic E-state index is 4.63. The maximum absolute atomic E-state index is 4.63. The Morgan fingerprint density at radius 1 is 1.05 bits per heavy atom. The molecule has 0 saturated carbocycles. The Morgan fingerprint density at radius 3 is 2.27 bits per heavy atom. The number of nitrogens with one attached hydrogen (secondary N) is 1. The van der Waals surface area contributed by atoms with E-state index in [-0.39, 0.29) is 0 Å². The molecule has 0 radical (unpaired) electrons. The van der Waals surface area contributed by atoms with Gasteiger partial charge >= 0.3 is 0 Å². The van der Waals surface area contributed by atoms with Gasteiger partial charge in [-0.15, -0.1) is 5.10 Å². The fourth-order valence-corrected chi connectivity index (χ4v) is 2.50. The largest absolute Gasteiger partial charge is 0.355 e. The first-order valence-electron chi connectivity index (χ1n) is 7.93. The highest BCUT2D eigenvalue weighted by Crippen LogP contribution is 2.23. The fraction of sp³-hybridized carbons (Fsp3) is 0.471. The number of hydrogen-bond acceptors (Lipinski definition) is 5. The summed E-state index contributed by atoms with van der Waals surface area (Å²) >= 11 is 0. The third kappa shape index (κ3) is 3.93. The normalized spacial score (nSPS) is 10.5. The molecule has 0 unspecified atom stereocenters. The van der Waals surface area contributed by atoms with Gasteiger partial charge in [0.15, 0.2) is 5.82 Å². The zero-order valence-corrected chi connectivity index (χ0v) is 13.9. The molecule has 1 aromatic heterocycles. The molecule has 1 N–H and O–H groups in total. The molecular weight excluding hydrogens is 274 g/mol. The molecule has 0 aliphatic heterocycles.